The second-order valence-electron chi connectivity index (χ2n) is 9.77. The summed E-state index contributed by atoms with van der Waals surface area (Å²) in [5, 5.41) is 12.5. The Morgan fingerprint density at radius 3 is 2.65 bits per heavy atom. The molecule has 2 amide bonds. The van der Waals surface area contributed by atoms with Gasteiger partial charge in [0.15, 0.2) is 11.5 Å². The smallest absolute Gasteiger partial charge is 0.302 e. The van der Waals surface area contributed by atoms with Crippen molar-refractivity contribution in [2.75, 3.05) is 31.3 Å². The number of benzene rings is 2. The first-order chi connectivity index (χ1) is 17.8. The van der Waals surface area contributed by atoms with Crippen molar-refractivity contribution in [3.8, 4) is 11.5 Å². The van der Waals surface area contributed by atoms with E-state index in [1.807, 2.05) is 63.2 Å². The molecule has 198 valence electrons. The number of methoxy groups -OCH3 is 1. The second-order valence-corrected chi connectivity index (χ2v) is 10.7. The molecule has 2 aliphatic rings. The summed E-state index contributed by atoms with van der Waals surface area (Å²) in [5.41, 5.74) is 3.38. The van der Waals surface area contributed by atoms with Crippen molar-refractivity contribution in [2.45, 2.75) is 46.3 Å². The Balaban J connectivity index is 1.42. The number of hydrazone groups is 1. The van der Waals surface area contributed by atoms with Crippen molar-refractivity contribution in [1.82, 2.24) is 10.3 Å². The first-order valence-electron chi connectivity index (χ1n) is 12.8. The molecule has 0 aromatic heterocycles. The Bertz CT molecular complexity index is 1130. The number of nitrogens with zero attached hydrogens (tertiary/aromatic N) is 2. The van der Waals surface area contributed by atoms with E-state index >= 15 is 0 Å². The van der Waals surface area contributed by atoms with Crippen LogP contribution in [0.25, 0.3) is 0 Å². The van der Waals surface area contributed by atoms with Crippen LogP contribution in [0.5, 0.6) is 11.5 Å². The van der Waals surface area contributed by atoms with E-state index in [0.717, 1.165) is 48.5 Å². The highest BCUT2D eigenvalue weighted by molar-refractivity contribution is 8.14. The summed E-state index contributed by atoms with van der Waals surface area (Å²) < 4.78 is 11.3. The summed E-state index contributed by atoms with van der Waals surface area (Å²) in [6, 6.07) is 13.3. The number of nitrogens with one attached hydrogen (secondary N) is 2. The van der Waals surface area contributed by atoms with Gasteiger partial charge < -0.3 is 20.1 Å². The van der Waals surface area contributed by atoms with Crippen molar-refractivity contribution in [3.05, 3.63) is 53.6 Å². The van der Waals surface area contributed by atoms with Crippen molar-refractivity contribution >= 4 is 34.3 Å². The predicted molar refractivity (Wildman–Crippen MR) is 149 cm³/mol. The van der Waals surface area contributed by atoms with Crippen LogP contribution in [0.15, 0.2) is 47.6 Å². The predicted octanol–water partition coefficient (Wildman–Crippen LogP) is 5.13. The molecule has 1 saturated heterocycles. The Hall–Kier alpha value is -3.04. The van der Waals surface area contributed by atoms with Gasteiger partial charge >= 0.3 is 5.24 Å². The Kier molecular flexibility index (Phi) is 9.10. The molecule has 0 aliphatic carbocycles. The molecule has 0 saturated carbocycles. The topological polar surface area (TPSA) is 92.3 Å². The van der Waals surface area contributed by atoms with Crippen molar-refractivity contribution in [3.63, 3.8) is 0 Å². The molecule has 9 heteroatoms. The van der Waals surface area contributed by atoms with E-state index in [2.05, 4.69) is 15.7 Å². The molecular weight excluding hydrogens is 488 g/mol. The third kappa shape index (κ3) is 7.05. The summed E-state index contributed by atoms with van der Waals surface area (Å²) >= 11 is 1.23. The number of carbonyl (C=O) groups is 2. The van der Waals surface area contributed by atoms with Crippen molar-refractivity contribution in [2.24, 2.45) is 16.9 Å². The van der Waals surface area contributed by atoms with Crippen LogP contribution in [0.1, 0.15) is 44.7 Å². The maximum atomic E-state index is 12.7. The number of rotatable bonds is 9. The van der Waals surface area contributed by atoms with E-state index in [4.69, 9.17) is 9.47 Å². The maximum Gasteiger partial charge on any atom is 0.302 e. The highest BCUT2D eigenvalue weighted by Gasteiger charge is 2.26. The van der Waals surface area contributed by atoms with Gasteiger partial charge in [0, 0.05) is 22.9 Å². The monoisotopic (exact) mass is 524 g/mol. The maximum absolute atomic E-state index is 12.7. The lowest BCUT2D eigenvalue weighted by Crippen LogP contribution is -2.37. The van der Waals surface area contributed by atoms with E-state index in [-0.39, 0.29) is 23.2 Å². The highest BCUT2D eigenvalue weighted by Crippen LogP contribution is 2.31. The van der Waals surface area contributed by atoms with Crippen LogP contribution in [0.3, 0.4) is 0 Å². The number of hydrogen-bond donors (Lipinski definition) is 2. The van der Waals surface area contributed by atoms with Gasteiger partial charge in [-0.05, 0) is 81.6 Å². The lowest BCUT2D eigenvalue weighted by atomic mass is 9.87. The van der Waals surface area contributed by atoms with E-state index in [1.165, 1.54) is 16.8 Å². The summed E-state index contributed by atoms with van der Waals surface area (Å²) in [7, 11) is 1.61. The standard InChI is InChI=1S/C28H36N4O4S/c1-18(2)36-26-14-21(9-12-25(26)35-4)24-17-37-28(34)32(31-24)16-20-7-10-23(11-8-20)30-27(33)19(3)22-6-5-13-29-15-22/h7-12,14,18-19,22,29H,5-6,13,15-17H2,1-4H3,(H,30,33). The Morgan fingerprint density at radius 1 is 1.19 bits per heavy atom. The minimum Gasteiger partial charge on any atom is -0.493 e. The molecular formula is C28H36N4O4S. The van der Waals surface area contributed by atoms with Crippen LogP contribution < -0.4 is 20.1 Å². The fourth-order valence-electron chi connectivity index (χ4n) is 4.51. The van der Waals surface area contributed by atoms with Crippen LogP contribution in [0, 0.1) is 11.8 Å². The Morgan fingerprint density at radius 2 is 1.97 bits per heavy atom. The zero-order valence-corrected chi connectivity index (χ0v) is 22.8. The van der Waals surface area contributed by atoms with E-state index in [9.17, 15) is 9.59 Å². The zero-order valence-electron chi connectivity index (χ0n) is 22.0. The lowest BCUT2D eigenvalue weighted by Gasteiger charge is -2.27. The van der Waals surface area contributed by atoms with Gasteiger partial charge in [-0.15, -0.1) is 0 Å². The summed E-state index contributed by atoms with van der Waals surface area (Å²) in [5.74, 6) is 2.15. The van der Waals surface area contributed by atoms with Gasteiger partial charge in [-0.3, -0.25) is 9.59 Å². The molecule has 2 unspecified atom stereocenters. The molecule has 8 nitrogen and oxygen atoms in total. The van der Waals surface area contributed by atoms with Crippen molar-refractivity contribution in [1.29, 1.82) is 0 Å². The molecule has 2 atom stereocenters. The fourth-order valence-corrected chi connectivity index (χ4v) is 5.24. The number of anilines is 1. The van der Waals surface area contributed by atoms with Crippen LogP contribution in [0.4, 0.5) is 10.5 Å². The number of hydrogen-bond acceptors (Lipinski definition) is 7. The number of amides is 2. The van der Waals surface area contributed by atoms with Crippen LogP contribution in [-0.4, -0.2) is 53.9 Å². The average Bonchev–Trinajstić information content (AvgIpc) is 2.90. The minimum absolute atomic E-state index is 0.00475. The molecule has 0 bridgehead atoms. The van der Waals surface area contributed by atoms with Gasteiger partial charge in [0.2, 0.25) is 5.91 Å². The number of thioether (sulfide) groups is 1. The average molecular weight is 525 g/mol. The Labute approximate surface area is 223 Å². The molecule has 4 rings (SSSR count). The van der Waals surface area contributed by atoms with Gasteiger partial charge in [0.05, 0.1) is 25.5 Å². The highest BCUT2D eigenvalue weighted by atomic mass is 32.2. The summed E-state index contributed by atoms with van der Waals surface area (Å²) in [6.45, 7) is 8.19. The van der Waals surface area contributed by atoms with E-state index in [0.29, 0.717) is 29.7 Å². The number of carbonyl (C=O) groups excluding carboxylic acids is 2. The van der Waals surface area contributed by atoms with E-state index in [1.54, 1.807) is 7.11 Å². The van der Waals surface area contributed by atoms with Crippen LogP contribution in [-0.2, 0) is 11.3 Å². The van der Waals surface area contributed by atoms with Crippen molar-refractivity contribution < 1.29 is 19.1 Å². The van der Waals surface area contributed by atoms with Gasteiger partial charge in [-0.25, -0.2) is 5.01 Å². The van der Waals surface area contributed by atoms with Gasteiger partial charge in [-0.2, -0.15) is 5.10 Å². The van der Waals surface area contributed by atoms with Gasteiger partial charge in [-0.1, -0.05) is 30.8 Å². The van der Waals surface area contributed by atoms with Crippen LogP contribution in [0.2, 0.25) is 0 Å². The first-order valence-corrected chi connectivity index (χ1v) is 13.8. The van der Waals surface area contributed by atoms with Gasteiger partial charge in [0.1, 0.15) is 0 Å². The van der Waals surface area contributed by atoms with Crippen LogP contribution >= 0.6 is 11.8 Å². The van der Waals surface area contributed by atoms with E-state index < -0.39 is 0 Å². The SMILES string of the molecule is COc1ccc(C2=NN(Cc3ccc(NC(=O)C(C)C4CCCNC4)cc3)C(=O)SC2)cc1OC(C)C. The normalized spacial score (nSPS) is 18.8. The number of piperidine rings is 1. The summed E-state index contributed by atoms with van der Waals surface area (Å²) in [6.07, 6.45) is 2.19. The molecule has 2 heterocycles. The van der Waals surface area contributed by atoms with Gasteiger partial charge in [0.25, 0.3) is 0 Å². The molecule has 2 aromatic rings. The lowest BCUT2D eigenvalue weighted by molar-refractivity contribution is -0.121. The molecule has 2 aromatic carbocycles. The minimum atomic E-state index is -0.0942. The molecule has 2 aliphatic heterocycles. The number of ether oxygens (including phenoxy) is 2. The zero-order chi connectivity index (χ0) is 26.4. The largest absolute Gasteiger partial charge is 0.493 e. The first kappa shape index (κ1) is 27.0. The molecule has 0 spiro atoms. The molecule has 1 fully saturated rings. The third-order valence-electron chi connectivity index (χ3n) is 6.65. The summed E-state index contributed by atoms with van der Waals surface area (Å²) in [4.78, 5) is 25.3. The molecule has 2 N–H and O–H groups in total. The molecule has 37 heavy (non-hydrogen) atoms. The second kappa shape index (κ2) is 12.5. The third-order valence-corrected chi connectivity index (χ3v) is 7.53. The fraction of sp³-hybridized carbons (Fsp3) is 0.464. The quantitative estimate of drug-likeness (QED) is 0.473. The molecule has 0 radical (unpaired) electrons.